The van der Waals surface area contributed by atoms with Crippen molar-refractivity contribution in [3.63, 3.8) is 0 Å². The molecule has 2 saturated heterocycles. The number of fused-ring (bicyclic) bond motifs is 1. The van der Waals surface area contributed by atoms with Crippen LogP contribution in [0.3, 0.4) is 0 Å². The summed E-state index contributed by atoms with van der Waals surface area (Å²) in [7, 11) is -3.25. The van der Waals surface area contributed by atoms with Gasteiger partial charge in [0.2, 0.25) is 0 Å². The van der Waals surface area contributed by atoms with Crippen LogP contribution in [0.4, 0.5) is 16.2 Å². The first-order valence-corrected chi connectivity index (χ1v) is 10.9. The van der Waals surface area contributed by atoms with Crippen LogP contribution in [0.2, 0.25) is 5.02 Å². The second-order valence-corrected chi connectivity index (χ2v) is 9.20. The molecule has 0 aromatic heterocycles. The van der Waals surface area contributed by atoms with Gasteiger partial charge >= 0.3 is 6.03 Å². The Balaban J connectivity index is 1.81. The third kappa shape index (κ3) is 3.15. The Bertz CT molecular complexity index is 977. The lowest BCUT2D eigenvalue weighted by Gasteiger charge is -2.24. The second kappa shape index (κ2) is 6.73. The highest BCUT2D eigenvalue weighted by atomic mass is 35.5. The number of anilines is 2. The molecule has 2 fully saturated rings. The van der Waals surface area contributed by atoms with Crippen LogP contribution in [0.5, 0.6) is 5.75 Å². The zero-order valence-electron chi connectivity index (χ0n) is 14.7. The molecule has 0 spiro atoms. The molecule has 6 nitrogen and oxygen atoms in total. The average molecular weight is 407 g/mol. The highest BCUT2D eigenvalue weighted by Crippen LogP contribution is 2.41. The fourth-order valence-electron chi connectivity index (χ4n) is 3.82. The zero-order valence-corrected chi connectivity index (χ0v) is 16.3. The largest absolute Gasteiger partial charge is 0.492 e. The quantitative estimate of drug-likeness (QED) is 0.730. The molecule has 4 rings (SSSR count). The van der Waals surface area contributed by atoms with Crippen LogP contribution in [-0.4, -0.2) is 44.6 Å². The maximum Gasteiger partial charge on any atom is 0.329 e. The van der Waals surface area contributed by atoms with Crippen molar-refractivity contribution in [1.29, 1.82) is 0 Å². The number of rotatable bonds is 4. The Labute approximate surface area is 163 Å². The Kier molecular flexibility index (Phi) is 4.52. The summed E-state index contributed by atoms with van der Waals surface area (Å²) in [6.07, 6.45) is 0. The molecule has 0 bridgehead atoms. The number of para-hydroxylation sites is 2. The molecular formula is C19H19ClN2O4S. The minimum Gasteiger partial charge on any atom is -0.492 e. The second-order valence-electron chi connectivity index (χ2n) is 6.61. The van der Waals surface area contributed by atoms with Crippen LogP contribution in [0.1, 0.15) is 6.92 Å². The molecule has 2 atom stereocenters. The first-order chi connectivity index (χ1) is 12.9. The molecule has 0 saturated carbocycles. The molecule has 2 aromatic rings. The van der Waals surface area contributed by atoms with Crippen LogP contribution in [0.25, 0.3) is 0 Å². The number of halogens is 1. The highest BCUT2D eigenvalue weighted by molar-refractivity contribution is 7.91. The van der Waals surface area contributed by atoms with E-state index in [2.05, 4.69) is 0 Å². The number of amides is 2. The van der Waals surface area contributed by atoms with Gasteiger partial charge in [0.1, 0.15) is 5.75 Å². The molecule has 2 aliphatic rings. The van der Waals surface area contributed by atoms with Gasteiger partial charge in [-0.1, -0.05) is 23.7 Å². The van der Waals surface area contributed by atoms with Crippen LogP contribution >= 0.6 is 11.6 Å². The van der Waals surface area contributed by atoms with Crippen molar-refractivity contribution in [2.45, 2.75) is 19.0 Å². The number of carbonyl (C=O) groups is 1. The molecule has 2 heterocycles. The number of nitrogens with zero attached hydrogens (tertiary/aromatic N) is 2. The maximum absolute atomic E-state index is 13.3. The number of sulfone groups is 1. The average Bonchev–Trinajstić information content (AvgIpc) is 3.06. The third-order valence-electron chi connectivity index (χ3n) is 4.90. The molecule has 2 amide bonds. The van der Waals surface area contributed by atoms with E-state index in [1.54, 1.807) is 46.2 Å². The molecular weight excluding hydrogens is 388 g/mol. The van der Waals surface area contributed by atoms with E-state index in [1.807, 2.05) is 19.1 Å². The van der Waals surface area contributed by atoms with Gasteiger partial charge in [-0.15, -0.1) is 0 Å². The van der Waals surface area contributed by atoms with Crippen molar-refractivity contribution >= 4 is 38.8 Å². The predicted molar refractivity (Wildman–Crippen MR) is 106 cm³/mol. The lowest BCUT2D eigenvalue weighted by Crippen LogP contribution is -2.38. The minimum absolute atomic E-state index is 0.0562. The molecule has 0 radical (unpaired) electrons. The van der Waals surface area contributed by atoms with E-state index in [0.29, 0.717) is 28.8 Å². The van der Waals surface area contributed by atoms with Gasteiger partial charge in [0.05, 0.1) is 35.9 Å². The Hall–Kier alpha value is -2.25. The molecule has 142 valence electrons. The monoisotopic (exact) mass is 406 g/mol. The Morgan fingerprint density at radius 2 is 1.67 bits per heavy atom. The lowest BCUT2D eigenvalue weighted by atomic mass is 10.1. The molecule has 27 heavy (non-hydrogen) atoms. The molecule has 0 N–H and O–H groups in total. The molecule has 8 heteroatoms. The lowest BCUT2D eigenvalue weighted by molar-refractivity contribution is 0.254. The van der Waals surface area contributed by atoms with Gasteiger partial charge in [-0.25, -0.2) is 13.2 Å². The number of hydrogen-bond acceptors (Lipinski definition) is 4. The number of carbonyl (C=O) groups excluding carboxylic acids is 1. The van der Waals surface area contributed by atoms with E-state index >= 15 is 0 Å². The summed E-state index contributed by atoms with van der Waals surface area (Å²) < 4.78 is 30.4. The Morgan fingerprint density at radius 1 is 1.04 bits per heavy atom. The summed E-state index contributed by atoms with van der Waals surface area (Å²) in [5.41, 5.74) is 1.22. The first kappa shape index (κ1) is 18.1. The summed E-state index contributed by atoms with van der Waals surface area (Å²) >= 11 is 5.97. The van der Waals surface area contributed by atoms with Crippen LogP contribution in [0, 0.1) is 0 Å². The molecule has 0 aliphatic carbocycles. The van der Waals surface area contributed by atoms with Crippen molar-refractivity contribution in [1.82, 2.24) is 0 Å². The number of urea groups is 1. The van der Waals surface area contributed by atoms with Gasteiger partial charge in [0, 0.05) is 10.7 Å². The number of hydrogen-bond donors (Lipinski definition) is 0. The fraction of sp³-hybridized carbons (Fsp3) is 0.316. The summed E-state index contributed by atoms with van der Waals surface area (Å²) in [6, 6.07) is 12.9. The van der Waals surface area contributed by atoms with Crippen LogP contribution in [-0.2, 0) is 9.84 Å². The molecule has 0 unspecified atom stereocenters. The SMILES string of the molecule is CCOc1ccccc1N1C(=O)N(c2ccc(Cl)cc2)[C@@H]2CS(=O)(=O)C[C@H]21. The number of ether oxygens (including phenoxy) is 1. The van der Waals surface area contributed by atoms with E-state index < -0.39 is 21.9 Å². The first-order valence-electron chi connectivity index (χ1n) is 8.71. The van der Waals surface area contributed by atoms with Crippen molar-refractivity contribution in [2.24, 2.45) is 0 Å². The summed E-state index contributed by atoms with van der Waals surface area (Å²) in [5, 5.41) is 0.555. The van der Waals surface area contributed by atoms with Gasteiger partial charge in [-0.05, 0) is 43.3 Å². The van der Waals surface area contributed by atoms with Crippen LogP contribution < -0.4 is 14.5 Å². The molecule has 2 aliphatic heterocycles. The van der Waals surface area contributed by atoms with E-state index in [-0.39, 0.29) is 17.5 Å². The third-order valence-corrected chi connectivity index (χ3v) is 6.85. The maximum atomic E-state index is 13.3. The van der Waals surface area contributed by atoms with Crippen molar-refractivity contribution < 1.29 is 17.9 Å². The van der Waals surface area contributed by atoms with Gasteiger partial charge in [0.15, 0.2) is 9.84 Å². The van der Waals surface area contributed by atoms with Crippen molar-refractivity contribution in [2.75, 3.05) is 27.9 Å². The normalized spacial score (nSPS) is 23.6. The van der Waals surface area contributed by atoms with Gasteiger partial charge < -0.3 is 4.74 Å². The standard InChI is InChI=1S/C19H19ClN2O4S/c1-2-26-18-6-4-3-5-15(18)22-17-12-27(24,25)11-16(17)21(19(22)23)14-9-7-13(20)8-10-14/h3-10,16-17H,2,11-12H2,1H3/t16-,17-/m1/s1. The van der Waals surface area contributed by atoms with Crippen LogP contribution in [0.15, 0.2) is 48.5 Å². The minimum atomic E-state index is -3.25. The van der Waals surface area contributed by atoms with Gasteiger partial charge in [-0.2, -0.15) is 0 Å². The van der Waals surface area contributed by atoms with Gasteiger partial charge in [0.25, 0.3) is 0 Å². The summed E-state index contributed by atoms with van der Waals surface area (Å²) in [6.45, 7) is 2.32. The zero-order chi connectivity index (χ0) is 19.2. The van der Waals surface area contributed by atoms with E-state index in [1.165, 1.54) is 0 Å². The number of benzene rings is 2. The smallest absolute Gasteiger partial charge is 0.329 e. The van der Waals surface area contributed by atoms with Crippen molar-refractivity contribution in [3.05, 3.63) is 53.6 Å². The highest BCUT2D eigenvalue weighted by Gasteiger charge is 2.54. The van der Waals surface area contributed by atoms with Crippen molar-refractivity contribution in [3.8, 4) is 5.75 Å². The van der Waals surface area contributed by atoms with E-state index in [9.17, 15) is 13.2 Å². The van der Waals surface area contributed by atoms with E-state index in [4.69, 9.17) is 16.3 Å². The van der Waals surface area contributed by atoms with E-state index in [0.717, 1.165) is 0 Å². The summed E-state index contributed by atoms with van der Waals surface area (Å²) in [4.78, 5) is 16.5. The van der Waals surface area contributed by atoms with Gasteiger partial charge in [-0.3, -0.25) is 9.80 Å². The molecule has 2 aromatic carbocycles. The predicted octanol–water partition coefficient (Wildman–Crippen LogP) is 3.35. The topological polar surface area (TPSA) is 66.9 Å². The summed E-state index contributed by atoms with van der Waals surface area (Å²) in [5.74, 6) is 0.446. The Morgan fingerprint density at radius 3 is 2.33 bits per heavy atom. The fourth-order valence-corrected chi connectivity index (χ4v) is 5.87.